The van der Waals surface area contributed by atoms with Gasteiger partial charge in [-0.15, -0.1) is 37.2 Å². The van der Waals surface area contributed by atoms with E-state index < -0.39 is 0 Å². The Bertz CT molecular complexity index is 1110. The first-order valence-corrected chi connectivity index (χ1v) is 12.5. The van der Waals surface area contributed by atoms with Gasteiger partial charge in [-0.2, -0.15) is 0 Å². The van der Waals surface area contributed by atoms with Crippen LogP contribution in [0.3, 0.4) is 0 Å². The number of benzene rings is 3. The number of piperazine rings is 1. The zero-order valence-corrected chi connectivity index (χ0v) is 23.2. The lowest BCUT2D eigenvalue weighted by Gasteiger charge is -2.34. The lowest BCUT2D eigenvalue weighted by molar-refractivity contribution is 0.0959. The van der Waals surface area contributed by atoms with Crippen molar-refractivity contribution in [1.29, 1.82) is 0 Å². The van der Waals surface area contributed by atoms with E-state index in [-0.39, 0.29) is 37.2 Å². The van der Waals surface area contributed by atoms with Crippen molar-refractivity contribution in [3.05, 3.63) is 82.9 Å². The Morgan fingerprint density at radius 2 is 1.47 bits per heavy atom. The van der Waals surface area contributed by atoms with Gasteiger partial charge in [-0.25, -0.2) is 0 Å². The predicted octanol–water partition coefficient (Wildman–Crippen LogP) is 5.57. The molecule has 0 spiro atoms. The zero-order valence-electron chi connectivity index (χ0n) is 20.8. The van der Waals surface area contributed by atoms with E-state index in [1.165, 1.54) is 27.5 Å². The molecule has 3 aromatic carbocycles. The molecule has 2 heterocycles. The molecule has 0 aromatic heterocycles. The molecule has 5 rings (SSSR count). The molecule has 0 saturated carbocycles. The summed E-state index contributed by atoms with van der Waals surface area (Å²) in [7, 11) is 0. The van der Waals surface area contributed by atoms with Gasteiger partial charge < -0.3 is 10.2 Å². The number of carbonyl (C=O) groups excluding carboxylic acids is 1. The van der Waals surface area contributed by atoms with Crippen LogP contribution in [0, 0.1) is 0 Å². The highest BCUT2D eigenvalue weighted by Crippen LogP contribution is 2.21. The van der Waals surface area contributed by atoms with Gasteiger partial charge in [0.2, 0.25) is 0 Å². The molecule has 0 bridgehead atoms. The van der Waals surface area contributed by atoms with E-state index in [0.717, 1.165) is 77.2 Å². The summed E-state index contributed by atoms with van der Waals surface area (Å²) in [5.74, 6) is 0.296. The maximum atomic E-state index is 12.8. The van der Waals surface area contributed by atoms with Crippen LogP contribution in [0.25, 0.3) is 10.8 Å². The molecule has 0 radical (unpaired) electrons. The Kier molecular flexibility index (Phi) is 12.7. The molecular weight excluding hydrogens is 513 g/mol. The first-order valence-electron chi connectivity index (χ1n) is 12.5. The molecule has 0 unspecified atom stereocenters. The second-order valence-corrected chi connectivity index (χ2v) is 9.52. The number of halogens is 3. The van der Waals surface area contributed by atoms with Crippen molar-refractivity contribution in [2.45, 2.75) is 32.2 Å². The van der Waals surface area contributed by atoms with E-state index in [2.05, 4.69) is 69.7 Å². The average Bonchev–Trinajstić information content (AvgIpc) is 3.10. The van der Waals surface area contributed by atoms with E-state index in [1.807, 2.05) is 6.07 Å². The highest BCUT2D eigenvalue weighted by atomic mass is 35.5. The summed E-state index contributed by atoms with van der Waals surface area (Å²) < 4.78 is 0. The summed E-state index contributed by atoms with van der Waals surface area (Å²) in [5.41, 5.74) is 5.07. The SMILES string of the molecule is Cl.Cl.Cl.O=C(CCCN1CCN(Cc2cccc3ccccc23)CC1)c1ccc2c(c1)CCNCC2. The smallest absolute Gasteiger partial charge is 0.162 e. The molecule has 1 fully saturated rings. The van der Waals surface area contributed by atoms with Gasteiger partial charge in [-0.1, -0.05) is 54.6 Å². The normalized spacial score (nSPS) is 16.1. The quantitative estimate of drug-likeness (QED) is 0.390. The van der Waals surface area contributed by atoms with Gasteiger partial charge in [0.25, 0.3) is 0 Å². The summed E-state index contributed by atoms with van der Waals surface area (Å²) in [5, 5.41) is 6.14. The molecule has 4 nitrogen and oxygen atoms in total. The van der Waals surface area contributed by atoms with Gasteiger partial charge in [0.15, 0.2) is 5.78 Å². The number of nitrogens with zero attached hydrogens (tertiary/aromatic N) is 2. The van der Waals surface area contributed by atoms with Gasteiger partial charge >= 0.3 is 0 Å². The molecular formula is C29H38Cl3N3O. The van der Waals surface area contributed by atoms with Crippen molar-refractivity contribution in [3.8, 4) is 0 Å². The Morgan fingerprint density at radius 3 is 2.28 bits per heavy atom. The molecule has 1 saturated heterocycles. The van der Waals surface area contributed by atoms with Crippen molar-refractivity contribution in [3.63, 3.8) is 0 Å². The number of hydrogen-bond donors (Lipinski definition) is 1. The summed E-state index contributed by atoms with van der Waals surface area (Å²) >= 11 is 0. The monoisotopic (exact) mass is 549 g/mol. The number of Topliss-reactive ketones (excluding diaryl/α,β-unsaturated/α-hetero) is 1. The highest BCUT2D eigenvalue weighted by molar-refractivity contribution is 5.96. The van der Waals surface area contributed by atoms with Crippen molar-refractivity contribution in [2.24, 2.45) is 0 Å². The lowest BCUT2D eigenvalue weighted by atomic mass is 9.97. The lowest BCUT2D eigenvalue weighted by Crippen LogP contribution is -2.46. The van der Waals surface area contributed by atoms with Crippen molar-refractivity contribution < 1.29 is 4.79 Å². The first-order chi connectivity index (χ1) is 16.3. The fourth-order valence-corrected chi connectivity index (χ4v) is 5.30. The minimum atomic E-state index is 0. The number of fused-ring (bicyclic) bond motifs is 2. The van der Waals surface area contributed by atoms with Crippen LogP contribution in [-0.2, 0) is 19.4 Å². The predicted molar refractivity (Wildman–Crippen MR) is 158 cm³/mol. The molecule has 3 aromatic rings. The third-order valence-electron chi connectivity index (χ3n) is 7.29. The third-order valence-corrected chi connectivity index (χ3v) is 7.29. The second kappa shape index (κ2) is 14.9. The zero-order chi connectivity index (χ0) is 22.5. The summed E-state index contributed by atoms with van der Waals surface area (Å²) in [6.07, 6.45) is 3.68. The summed E-state index contributed by atoms with van der Waals surface area (Å²) in [6, 6.07) is 21.7. The molecule has 0 atom stereocenters. The van der Waals surface area contributed by atoms with Crippen LogP contribution in [-0.4, -0.2) is 61.4 Å². The second-order valence-electron chi connectivity index (χ2n) is 9.52. The molecule has 196 valence electrons. The van der Waals surface area contributed by atoms with Crippen LogP contribution in [0.2, 0.25) is 0 Å². The van der Waals surface area contributed by atoms with E-state index in [1.54, 1.807) is 0 Å². The third kappa shape index (κ3) is 7.67. The van der Waals surface area contributed by atoms with E-state index in [0.29, 0.717) is 12.2 Å². The molecule has 7 heteroatoms. The van der Waals surface area contributed by atoms with E-state index in [4.69, 9.17) is 0 Å². The molecule has 2 aliphatic rings. The minimum Gasteiger partial charge on any atom is -0.316 e. The molecule has 2 aliphatic heterocycles. The van der Waals surface area contributed by atoms with Crippen molar-refractivity contribution in [1.82, 2.24) is 15.1 Å². The van der Waals surface area contributed by atoms with Crippen LogP contribution in [0.4, 0.5) is 0 Å². The first kappa shape index (κ1) is 30.6. The largest absolute Gasteiger partial charge is 0.316 e. The Balaban J connectivity index is 0.00000152. The van der Waals surface area contributed by atoms with Gasteiger partial charge in [-0.05, 0) is 72.4 Å². The maximum absolute atomic E-state index is 12.8. The summed E-state index contributed by atoms with van der Waals surface area (Å²) in [4.78, 5) is 17.9. The Labute approximate surface area is 234 Å². The fourth-order valence-electron chi connectivity index (χ4n) is 5.30. The van der Waals surface area contributed by atoms with E-state index in [9.17, 15) is 4.79 Å². The number of rotatable bonds is 7. The van der Waals surface area contributed by atoms with Crippen LogP contribution >= 0.6 is 37.2 Å². The molecule has 0 amide bonds. The number of carbonyl (C=O) groups is 1. The number of ketones is 1. The molecule has 36 heavy (non-hydrogen) atoms. The summed E-state index contributed by atoms with van der Waals surface area (Å²) in [6.45, 7) is 8.44. The molecule has 1 N–H and O–H groups in total. The fraction of sp³-hybridized carbons (Fsp3) is 0.414. The standard InChI is InChI=1S/C29H35N3O.3ClH/c33-29(26-11-10-23-12-14-30-15-13-25(23)21-26)9-4-16-31-17-19-32(20-18-31)22-27-7-3-6-24-5-1-2-8-28(24)27;;;/h1-3,5-8,10-11,21,30H,4,9,12-20,22H2;3*1H. The number of hydrogen-bond acceptors (Lipinski definition) is 4. The van der Waals surface area contributed by atoms with Crippen molar-refractivity contribution >= 4 is 53.8 Å². The topological polar surface area (TPSA) is 35.6 Å². The van der Waals surface area contributed by atoms with Gasteiger partial charge in [0.1, 0.15) is 0 Å². The van der Waals surface area contributed by atoms with Crippen LogP contribution in [0.1, 0.15) is 39.9 Å². The number of nitrogens with one attached hydrogen (secondary N) is 1. The van der Waals surface area contributed by atoms with Gasteiger partial charge in [-0.3, -0.25) is 9.69 Å². The van der Waals surface area contributed by atoms with Gasteiger partial charge in [0.05, 0.1) is 0 Å². The average molecular weight is 551 g/mol. The van der Waals surface area contributed by atoms with Gasteiger partial charge in [0, 0.05) is 44.7 Å². The maximum Gasteiger partial charge on any atom is 0.162 e. The van der Waals surface area contributed by atoms with Crippen LogP contribution in [0.15, 0.2) is 60.7 Å². The molecule has 0 aliphatic carbocycles. The minimum absolute atomic E-state index is 0. The van der Waals surface area contributed by atoms with Crippen molar-refractivity contribution in [2.75, 3.05) is 45.8 Å². The van der Waals surface area contributed by atoms with Crippen LogP contribution < -0.4 is 5.32 Å². The van der Waals surface area contributed by atoms with Crippen LogP contribution in [0.5, 0.6) is 0 Å². The Hall–Kier alpha value is -1.66. The highest BCUT2D eigenvalue weighted by Gasteiger charge is 2.18. The Morgan fingerprint density at radius 1 is 0.778 bits per heavy atom. The van der Waals surface area contributed by atoms with E-state index >= 15 is 0 Å².